The van der Waals surface area contributed by atoms with Crippen LogP contribution in [0, 0.1) is 0 Å². The molecule has 1 aromatic heterocycles. The van der Waals surface area contributed by atoms with Crippen LogP contribution in [0.3, 0.4) is 0 Å². The second-order valence-corrected chi connectivity index (χ2v) is 3.07. The van der Waals surface area contributed by atoms with Crippen LogP contribution in [-0.2, 0) is 6.61 Å². The minimum atomic E-state index is -0.114. The molecular formula is C7H8O3S. The first-order chi connectivity index (χ1) is 5.26. The molecule has 1 heterocycles. The average molecular weight is 172 g/mol. The van der Waals surface area contributed by atoms with Crippen molar-refractivity contribution in [3.8, 4) is 5.75 Å². The van der Waals surface area contributed by atoms with E-state index in [0.29, 0.717) is 10.6 Å². The highest BCUT2D eigenvalue weighted by Gasteiger charge is 1.97. The first-order valence-electron chi connectivity index (χ1n) is 3.05. The molecular weight excluding hydrogens is 164 g/mol. The molecule has 1 N–H and O–H groups in total. The van der Waals surface area contributed by atoms with Gasteiger partial charge in [-0.3, -0.25) is 4.79 Å². The highest BCUT2D eigenvalue weighted by molar-refractivity contribution is 7.09. The first-order valence-corrected chi connectivity index (χ1v) is 3.87. The third-order valence-electron chi connectivity index (χ3n) is 1.19. The Bertz CT molecular complexity index is 267. The fraction of sp³-hybridized carbons (Fsp3) is 0.286. The predicted molar refractivity (Wildman–Crippen MR) is 43.1 cm³/mol. The van der Waals surface area contributed by atoms with Crippen molar-refractivity contribution < 1.29 is 9.84 Å². The van der Waals surface area contributed by atoms with Crippen LogP contribution < -0.4 is 9.48 Å². The maximum atomic E-state index is 10.9. The standard InChI is InChI=1S/C7H8O3S/c1-10-5-2-6(4-8)11-7(9)3-5/h2-3,8H,4H2,1H3. The van der Waals surface area contributed by atoms with Gasteiger partial charge in [-0.15, -0.1) is 0 Å². The summed E-state index contributed by atoms with van der Waals surface area (Å²) in [7, 11) is 1.49. The highest BCUT2D eigenvalue weighted by atomic mass is 32.1. The second-order valence-electron chi connectivity index (χ2n) is 1.94. The van der Waals surface area contributed by atoms with Crippen molar-refractivity contribution in [1.82, 2.24) is 0 Å². The van der Waals surface area contributed by atoms with Crippen LogP contribution in [0.1, 0.15) is 4.88 Å². The van der Waals surface area contributed by atoms with E-state index in [-0.39, 0.29) is 11.3 Å². The number of ether oxygens (including phenoxy) is 1. The van der Waals surface area contributed by atoms with E-state index in [0.717, 1.165) is 11.3 Å². The molecule has 0 saturated heterocycles. The van der Waals surface area contributed by atoms with Gasteiger partial charge in [0.25, 0.3) is 0 Å². The molecule has 0 aliphatic rings. The second kappa shape index (κ2) is 3.50. The number of aliphatic hydroxyl groups excluding tert-OH is 1. The molecule has 0 unspecified atom stereocenters. The van der Waals surface area contributed by atoms with Crippen molar-refractivity contribution in [1.29, 1.82) is 0 Å². The molecule has 0 amide bonds. The summed E-state index contributed by atoms with van der Waals surface area (Å²) in [4.78, 5) is 11.5. The molecule has 0 saturated carbocycles. The van der Waals surface area contributed by atoms with Gasteiger partial charge in [0.15, 0.2) is 0 Å². The lowest BCUT2D eigenvalue weighted by Crippen LogP contribution is -1.96. The van der Waals surface area contributed by atoms with Crippen LogP contribution in [0.5, 0.6) is 5.75 Å². The normalized spacial score (nSPS) is 9.64. The molecule has 0 aromatic carbocycles. The number of aliphatic hydroxyl groups is 1. The van der Waals surface area contributed by atoms with Crippen LogP contribution in [0.25, 0.3) is 0 Å². The molecule has 0 bridgehead atoms. The summed E-state index contributed by atoms with van der Waals surface area (Å²) >= 11 is 1.02. The fourth-order valence-corrected chi connectivity index (χ4v) is 1.37. The van der Waals surface area contributed by atoms with Crippen molar-refractivity contribution >= 4 is 11.3 Å². The topological polar surface area (TPSA) is 46.5 Å². The molecule has 0 aliphatic heterocycles. The molecule has 0 aliphatic carbocycles. The SMILES string of the molecule is COc1cc(CO)sc(=O)c1. The van der Waals surface area contributed by atoms with Crippen LogP contribution in [-0.4, -0.2) is 12.2 Å². The molecule has 4 heteroatoms. The van der Waals surface area contributed by atoms with Crippen molar-refractivity contribution in [2.24, 2.45) is 0 Å². The summed E-state index contributed by atoms with van der Waals surface area (Å²) in [6.45, 7) is -0.114. The Labute approximate surface area is 67.9 Å². The van der Waals surface area contributed by atoms with Gasteiger partial charge in [-0.1, -0.05) is 11.3 Å². The van der Waals surface area contributed by atoms with Gasteiger partial charge in [0.05, 0.1) is 13.7 Å². The van der Waals surface area contributed by atoms with Gasteiger partial charge in [-0.05, 0) is 6.07 Å². The fourth-order valence-electron chi connectivity index (χ4n) is 0.700. The van der Waals surface area contributed by atoms with Gasteiger partial charge < -0.3 is 9.84 Å². The van der Waals surface area contributed by atoms with E-state index in [1.807, 2.05) is 0 Å². The minimum Gasteiger partial charge on any atom is -0.497 e. The molecule has 11 heavy (non-hydrogen) atoms. The van der Waals surface area contributed by atoms with Crippen LogP contribution in [0.2, 0.25) is 0 Å². The summed E-state index contributed by atoms with van der Waals surface area (Å²) in [6.07, 6.45) is 0. The zero-order valence-corrected chi connectivity index (χ0v) is 6.85. The number of rotatable bonds is 2. The minimum absolute atomic E-state index is 0.103. The summed E-state index contributed by atoms with van der Waals surface area (Å²) in [5.74, 6) is 0.498. The Morgan fingerprint density at radius 2 is 2.36 bits per heavy atom. The van der Waals surface area contributed by atoms with E-state index in [2.05, 4.69) is 0 Å². The van der Waals surface area contributed by atoms with Gasteiger partial charge in [-0.2, -0.15) is 0 Å². The smallest absolute Gasteiger partial charge is 0.236 e. The van der Waals surface area contributed by atoms with Crippen molar-refractivity contribution in [3.63, 3.8) is 0 Å². The van der Waals surface area contributed by atoms with E-state index < -0.39 is 0 Å². The molecule has 0 spiro atoms. The lowest BCUT2D eigenvalue weighted by atomic mass is 10.4. The third kappa shape index (κ3) is 2.03. The zero-order chi connectivity index (χ0) is 8.27. The summed E-state index contributed by atoms with van der Waals surface area (Å²) in [5.41, 5.74) is 0. The van der Waals surface area contributed by atoms with Gasteiger partial charge >= 0.3 is 0 Å². The van der Waals surface area contributed by atoms with E-state index in [1.54, 1.807) is 6.07 Å². The quantitative estimate of drug-likeness (QED) is 0.711. The molecule has 0 radical (unpaired) electrons. The monoisotopic (exact) mass is 172 g/mol. The van der Waals surface area contributed by atoms with Crippen LogP contribution in [0.4, 0.5) is 0 Å². The molecule has 1 aromatic rings. The Balaban J connectivity index is 3.12. The van der Waals surface area contributed by atoms with E-state index in [1.165, 1.54) is 13.2 Å². The first kappa shape index (κ1) is 8.23. The Hall–Kier alpha value is -0.870. The molecule has 0 atom stereocenters. The van der Waals surface area contributed by atoms with E-state index >= 15 is 0 Å². The maximum Gasteiger partial charge on any atom is 0.236 e. The molecule has 60 valence electrons. The average Bonchev–Trinajstić information content (AvgIpc) is 2.03. The summed E-state index contributed by atoms with van der Waals surface area (Å²) in [5, 5.41) is 8.70. The van der Waals surface area contributed by atoms with E-state index in [4.69, 9.17) is 9.84 Å². The third-order valence-corrected chi connectivity index (χ3v) is 2.01. The molecule has 1 rings (SSSR count). The van der Waals surface area contributed by atoms with Gasteiger partial charge in [0.2, 0.25) is 4.74 Å². The van der Waals surface area contributed by atoms with Crippen molar-refractivity contribution in [2.75, 3.05) is 7.11 Å². The largest absolute Gasteiger partial charge is 0.497 e. The van der Waals surface area contributed by atoms with Gasteiger partial charge in [0, 0.05) is 10.9 Å². The summed E-state index contributed by atoms with van der Waals surface area (Å²) in [6, 6.07) is 3.04. The van der Waals surface area contributed by atoms with E-state index in [9.17, 15) is 4.79 Å². The maximum absolute atomic E-state index is 10.9. The molecule has 3 nitrogen and oxygen atoms in total. The van der Waals surface area contributed by atoms with Crippen molar-refractivity contribution in [2.45, 2.75) is 6.61 Å². The zero-order valence-electron chi connectivity index (χ0n) is 6.03. The van der Waals surface area contributed by atoms with Crippen LogP contribution in [0.15, 0.2) is 16.9 Å². The number of methoxy groups -OCH3 is 1. The molecule has 0 fully saturated rings. The van der Waals surface area contributed by atoms with Gasteiger partial charge in [-0.25, -0.2) is 0 Å². The summed E-state index contributed by atoms with van der Waals surface area (Å²) < 4.78 is 4.73. The lowest BCUT2D eigenvalue weighted by molar-refractivity contribution is 0.284. The Morgan fingerprint density at radius 3 is 2.91 bits per heavy atom. The Morgan fingerprint density at radius 1 is 1.64 bits per heavy atom. The predicted octanol–water partition coefficient (Wildman–Crippen LogP) is 0.609. The number of hydrogen-bond acceptors (Lipinski definition) is 4. The Kier molecular flexibility index (Phi) is 2.62. The van der Waals surface area contributed by atoms with Crippen LogP contribution >= 0.6 is 11.3 Å². The highest BCUT2D eigenvalue weighted by Crippen LogP contribution is 2.12. The van der Waals surface area contributed by atoms with Crippen molar-refractivity contribution in [3.05, 3.63) is 26.5 Å². The van der Waals surface area contributed by atoms with Gasteiger partial charge in [0.1, 0.15) is 5.75 Å². The number of hydrogen-bond donors (Lipinski definition) is 1. The lowest BCUT2D eigenvalue weighted by Gasteiger charge is -1.98.